The number of phenols is 1. The number of ether oxygens (including phenoxy) is 1. The van der Waals surface area contributed by atoms with E-state index in [1.165, 1.54) is 54.7 Å². The van der Waals surface area contributed by atoms with Crippen LogP contribution in [0.25, 0.3) is 5.76 Å². The Bertz CT molecular complexity index is 1280. The molecule has 33 heavy (non-hydrogen) atoms. The van der Waals surface area contributed by atoms with Gasteiger partial charge in [-0.2, -0.15) is 0 Å². The van der Waals surface area contributed by atoms with Crippen molar-refractivity contribution in [2.45, 2.75) is 12.6 Å². The van der Waals surface area contributed by atoms with Gasteiger partial charge in [-0.05, 0) is 29.8 Å². The molecule has 4 rings (SSSR count). The van der Waals surface area contributed by atoms with E-state index in [0.717, 1.165) is 6.07 Å². The second-order valence-electron chi connectivity index (χ2n) is 7.25. The molecule has 2 heterocycles. The van der Waals surface area contributed by atoms with Crippen LogP contribution in [0.3, 0.4) is 0 Å². The van der Waals surface area contributed by atoms with E-state index in [-0.39, 0.29) is 34.9 Å². The predicted octanol–water partition coefficient (Wildman–Crippen LogP) is 3.52. The fraction of sp³-hybridized carbons (Fsp3) is 0.130. The van der Waals surface area contributed by atoms with Crippen LogP contribution in [0.15, 0.2) is 70.9 Å². The molecule has 10 nitrogen and oxygen atoms in total. The first-order chi connectivity index (χ1) is 15.8. The van der Waals surface area contributed by atoms with Crippen LogP contribution >= 0.6 is 0 Å². The lowest BCUT2D eigenvalue weighted by Gasteiger charge is -2.25. The van der Waals surface area contributed by atoms with Crippen molar-refractivity contribution in [1.82, 2.24) is 4.90 Å². The van der Waals surface area contributed by atoms with Gasteiger partial charge in [-0.1, -0.05) is 18.2 Å². The molecule has 10 heteroatoms. The van der Waals surface area contributed by atoms with Gasteiger partial charge in [0.1, 0.15) is 11.5 Å². The predicted molar refractivity (Wildman–Crippen MR) is 114 cm³/mol. The maximum atomic E-state index is 13.0. The van der Waals surface area contributed by atoms with E-state index in [1.54, 1.807) is 12.1 Å². The van der Waals surface area contributed by atoms with Crippen LogP contribution in [0, 0.1) is 10.1 Å². The maximum Gasteiger partial charge on any atom is 0.296 e. The highest BCUT2D eigenvalue weighted by Gasteiger charge is 2.46. The fourth-order valence-corrected chi connectivity index (χ4v) is 3.75. The number of Topliss-reactive ketones (excluding diaryl/α,β-unsaturated/α-hetero) is 1. The zero-order chi connectivity index (χ0) is 23.7. The molecule has 1 saturated heterocycles. The molecule has 1 aliphatic rings. The lowest BCUT2D eigenvalue weighted by atomic mass is 9.95. The quantitative estimate of drug-likeness (QED) is 0.191. The number of nitro groups is 1. The number of hydrogen-bond acceptors (Lipinski definition) is 8. The molecule has 0 saturated carbocycles. The number of ketones is 1. The summed E-state index contributed by atoms with van der Waals surface area (Å²) in [6.45, 7) is -0.0723. The molecule has 0 bridgehead atoms. The minimum atomic E-state index is -1.07. The summed E-state index contributed by atoms with van der Waals surface area (Å²) in [5, 5.41) is 32.2. The Morgan fingerprint density at radius 1 is 1.18 bits per heavy atom. The first kappa shape index (κ1) is 21.6. The van der Waals surface area contributed by atoms with Crippen molar-refractivity contribution in [3.05, 3.63) is 93.4 Å². The summed E-state index contributed by atoms with van der Waals surface area (Å²) < 4.78 is 10.5. The highest BCUT2D eigenvalue weighted by atomic mass is 16.6. The number of carbonyl (C=O) groups excluding carboxylic acids is 2. The molecule has 0 aliphatic carbocycles. The minimum absolute atomic E-state index is 0.0101. The third kappa shape index (κ3) is 3.89. The highest BCUT2D eigenvalue weighted by Crippen LogP contribution is 2.42. The lowest BCUT2D eigenvalue weighted by Crippen LogP contribution is -2.29. The first-order valence-corrected chi connectivity index (χ1v) is 9.74. The average Bonchev–Trinajstić information content (AvgIpc) is 3.41. The van der Waals surface area contributed by atoms with E-state index < -0.39 is 28.4 Å². The normalized spacial score (nSPS) is 17.4. The van der Waals surface area contributed by atoms with Crippen molar-refractivity contribution in [3.63, 3.8) is 0 Å². The molecule has 1 aromatic heterocycles. The van der Waals surface area contributed by atoms with Crippen LogP contribution in [-0.4, -0.2) is 38.8 Å². The van der Waals surface area contributed by atoms with Gasteiger partial charge >= 0.3 is 0 Å². The monoisotopic (exact) mass is 450 g/mol. The van der Waals surface area contributed by atoms with E-state index in [2.05, 4.69) is 0 Å². The third-order valence-corrected chi connectivity index (χ3v) is 5.30. The number of hydrogen-bond donors (Lipinski definition) is 2. The van der Waals surface area contributed by atoms with Gasteiger partial charge < -0.3 is 24.3 Å². The summed E-state index contributed by atoms with van der Waals surface area (Å²) in [6, 6.07) is 11.6. The van der Waals surface area contributed by atoms with E-state index in [1.807, 2.05) is 0 Å². The lowest BCUT2D eigenvalue weighted by molar-refractivity contribution is -0.384. The summed E-state index contributed by atoms with van der Waals surface area (Å²) in [7, 11) is 1.35. The SMILES string of the molecule is COc1cc([C@H]2/C(=C(\O)c3cccc([N+](=O)[O-])c3)C(=O)C(=O)N2Cc2ccco2)ccc1O. The Hall–Kier alpha value is -4.60. The fourth-order valence-electron chi connectivity index (χ4n) is 3.75. The molecular formula is C23H18N2O8. The van der Waals surface area contributed by atoms with Crippen molar-refractivity contribution >= 4 is 23.1 Å². The molecule has 2 N–H and O–H groups in total. The van der Waals surface area contributed by atoms with Crippen LogP contribution in [0.4, 0.5) is 5.69 Å². The molecule has 1 atom stereocenters. The van der Waals surface area contributed by atoms with Gasteiger partial charge in [0, 0.05) is 17.7 Å². The Balaban J connectivity index is 1.91. The molecule has 3 aromatic rings. The van der Waals surface area contributed by atoms with Crippen LogP contribution in [0.5, 0.6) is 11.5 Å². The summed E-state index contributed by atoms with van der Waals surface area (Å²) in [5.41, 5.74) is -0.148. The van der Waals surface area contributed by atoms with E-state index in [9.17, 15) is 29.9 Å². The van der Waals surface area contributed by atoms with Gasteiger partial charge in [-0.15, -0.1) is 0 Å². The number of furan rings is 1. The molecule has 0 unspecified atom stereocenters. The van der Waals surface area contributed by atoms with E-state index >= 15 is 0 Å². The van der Waals surface area contributed by atoms with Gasteiger partial charge in [-0.25, -0.2) is 0 Å². The van der Waals surface area contributed by atoms with Crippen LogP contribution in [0.1, 0.15) is 22.9 Å². The van der Waals surface area contributed by atoms with Crippen molar-refractivity contribution in [3.8, 4) is 11.5 Å². The molecular weight excluding hydrogens is 432 g/mol. The number of amides is 1. The van der Waals surface area contributed by atoms with Gasteiger partial charge in [0.05, 0.1) is 36.5 Å². The number of likely N-dealkylation sites (tertiary alicyclic amines) is 1. The number of rotatable bonds is 6. The van der Waals surface area contributed by atoms with Crippen LogP contribution < -0.4 is 4.74 Å². The smallest absolute Gasteiger partial charge is 0.296 e. The van der Waals surface area contributed by atoms with Gasteiger partial charge in [-0.3, -0.25) is 19.7 Å². The summed E-state index contributed by atoms with van der Waals surface area (Å²) >= 11 is 0. The summed E-state index contributed by atoms with van der Waals surface area (Å²) in [4.78, 5) is 37.7. The number of phenolic OH excluding ortho intramolecular Hbond substituents is 1. The second kappa shape index (κ2) is 8.50. The van der Waals surface area contributed by atoms with Crippen LogP contribution in [-0.2, 0) is 16.1 Å². The number of aliphatic hydroxyl groups is 1. The molecule has 2 aromatic carbocycles. The van der Waals surface area contributed by atoms with Gasteiger partial charge in [0.2, 0.25) is 0 Å². The zero-order valence-corrected chi connectivity index (χ0v) is 17.3. The van der Waals surface area contributed by atoms with E-state index in [0.29, 0.717) is 11.3 Å². The number of carbonyl (C=O) groups is 2. The molecule has 1 fully saturated rings. The summed E-state index contributed by atoms with van der Waals surface area (Å²) in [5.74, 6) is -2.04. The minimum Gasteiger partial charge on any atom is -0.507 e. The molecule has 1 amide bonds. The summed E-state index contributed by atoms with van der Waals surface area (Å²) in [6.07, 6.45) is 1.42. The maximum absolute atomic E-state index is 13.0. The number of nitrogens with zero attached hydrogens (tertiary/aromatic N) is 2. The van der Waals surface area contributed by atoms with Crippen molar-refractivity contribution in [2.24, 2.45) is 0 Å². The third-order valence-electron chi connectivity index (χ3n) is 5.30. The Morgan fingerprint density at radius 2 is 1.97 bits per heavy atom. The largest absolute Gasteiger partial charge is 0.507 e. The number of non-ortho nitro benzene ring substituents is 1. The molecule has 1 aliphatic heterocycles. The van der Waals surface area contributed by atoms with Crippen molar-refractivity contribution < 1.29 is 33.9 Å². The number of benzene rings is 2. The zero-order valence-electron chi connectivity index (χ0n) is 17.3. The Morgan fingerprint density at radius 3 is 2.64 bits per heavy atom. The number of aliphatic hydroxyl groups excluding tert-OH is 1. The average molecular weight is 450 g/mol. The van der Waals surface area contributed by atoms with Gasteiger partial charge in [0.25, 0.3) is 17.4 Å². The van der Waals surface area contributed by atoms with Crippen molar-refractivity contribution in [2.75, 3.05) is 7.11 Å². The van der Waals surface area contributed by atoms with Gasteiger partial charge in [0.15, 0.2) is 11.5 Å². The first-order valence-electron chi connectivity index (χ1n) is 9.74. The molecule has 168 valence electrons. The number of methoxy groups -OCH3 is 1. The number of nitro benzene ring substituents is 1. The standard InChI is InChI=1S/C23H18N2O8/c1-32-18-11-13(7-8-17(18)26)20-19(21(27)14-4-2-5-15(10-14)25(30)31)22(28)23(29)24(20)12-16-6-3-9-33-16/h2-11,20,26-27H,12H2,1H3/b21-19+/t20-/m0/s1. The second-order valence-corrected chi connectivity index (χ2v) is 7.25. The Kier molecular flexibility index (Phi) is 5.57. The van der Waals surface area contributed by atoms with E-state index in [4.69, 9.17) is 9.15 Å². The highest BCUT2D eigenvalue weighted by molar-refractivity contribution is 6.46. The topological polar surface area (TPSA) is 143 Å². The van der Waals surface area contributed by atoms with Crippen molar-refractivity contribution in [1.29, 1.82) is 0 Å². The number of aromatic hydroxyl groups is 1. The van der Waals surface area contributed by atoms with Crippen LogP contribution in [0.2, 0.25) is 0 Å². The Labute approximate surface area is 187 Å². The molecule has 0 radical (unpaired) electrons. The molecule has 0 spiro atoms.